The van der Waals surface area contributed by atoms with Crippen LogP contribution in [0.15, 0.2) is 60.7 Å². The topological polar surface area (TPSA) is 113 Å². The van der Waals surface area contributed by atoms with Gasteiger partial charge < -0.3 is 24.5 Å². The maximum absolute atomic E-state index is 13.6. The smallest absolute Gasteiger partial charge is 0.790 e. The first-order valence-corrected chi connectivity index (χ1v) is 12.4. The molecular weight excluding hydrogens is 470 g/mol. The van der Waals surface area contributed by atoms with Crippen molar-refractivity contribution in [3.05, 3.63) is 77.7 Å². The first-order valence-electron chi connectivity index (χ1n) is 10.6. The average molecular weight is 493 g/mol. The molecule has 0 aliphatic carbocycles. The summed E-state index contributed by atoms with van der Waals surface area (Å²) in [6.07, 6.45) is -3.24. The zero-order valence-electron chi connectivity index (χ0n) is 20.7. The van der Waals surface area contributed by atoms with Gasteiger partial charge in [-0.2, -0.15) is 0 Å². The van der Waals surface area contributed by atoms with Crippen LogP contribution in [0, 0.1) is 17.4 Å². The van der Waals surface area contributed by atoms with E-state index in [0.29, 0.717) is 28.1 Å². The van der Waals surface area contributed by atoms with Crippen molar-refractivity contribution < 1.29 is 66.6 Å². The molecule has 3 aromatic rings. The van der Waals surface area contributed by atoms with Crippen LogP contribution in [0.5, 0.6) is 0 Å². The molecule has 0 fully saturated rings. The Morgan fingerprint density at radius 3 is 2.25 bits per heavy atom. The van der Waals surface area contributed by atoms with Crippen LogP contribution >= 0.6 is 7.37 Å². The molecule has 36 heavy (non-hydrogen) atoms. The number of pyridine rings is 1. The van der Waals surface area contributed by atoms with E-state index < -0.39 is 37.8 Å². The fraction of sp³-hybridized carbons (Fsp3) is 0.231. The molecule has 0 aliphatic rings. The molecule has 1 unspecified atom stereocenters. The number of carboxylic acids is 1. The number of aliphatic hydroxyl groups excluding tert-OH is 1. The Hall–Kier alpha value is -2.11. The van der Waals surface area contributed by atoms with Crippen LogP contribution in [0.2, 0.25) is 0 Å². The van der Waals surface area contributed by atoms with Gasteiger partial charge in [0, 0.05) is 29.7 Å². The zero-order chi connectivity index (χ0) is 24.9. The van der Waals surface area contributed by atoms with Crippen LogP contribution in [-0.4, -0.2) is 28.3 Å². The number of benzene rings is 2. The number of hydrogen-bond donors (Lipinski definition) is 1. The molecule has 0 radical (unpaired) electrons. The maximum Gasteiger partial charge on any atom is 1.00 e. The van der Waals surface area contributed by atoms with Crippen LogP contribution in [0.3, 0.4) is 0 Å². The van der Waals surface area contributed by atoms with Crippen molar-refractivity contribution in [3.63, 3.8) is 0 Å². The van der Waals surface area contributed by atoms with E-state index in [4.69, 9.17) is 4.98 Å². The quantitative estimate of drug-likeness (QED) is 0.215. The normalized spacial score (nSPS) is 12.8. The van der Waals surface area contributed by atoms with Gasteiger partial charge in [0.2, 0.25) is 0 Å². The van der Waals surface area contributed by atoms with Crippen molar-refractivity contribution in [1.29, 1.82) is 0 Å². The third kappa shape index (κ3) is 8.78. The Kier molecular flexibility index (Phi) is 12.4. The van der Waals surface area contributed by atoms with Crippen LogP contribution in [0.1, 0.15) is 37.4 Å². The number of nitrogens with zero attached hydrogens (tertiary/aromatic N) is 1. The van der Waals surface area contributed by atoms with Gasteiger partial charge in [-0.3, -0.25) is 4.98 Å². The molecule has 1 aromatic heterocycles. The molecule has 2 atom stereocenters. The molecule has 10 heteroatoms. The molecule has 0 bridgehead atoms. The van der Waals surface area contributed by atoms with E-state index in [1.165, 1.54) is 12.1 Å². The summed E-state index contributed by atoms with van der Waals surface area (Å²) in [7, 11) is -4.45. The Bertz CT molecular complexity index is 1290. The van der Waals surface area contributed by atoms with Gasteiger partial charge in [0.15, 0.2) is 0 Å². The molecule has 6 nitrogen and oxygen atoms in total. The fourth-order valence-electron chi connectivity index (χ4n) is 3.45. The van der Waals surface area contributed by atoms with Crippen molar-refractivity contribution in [3.8, 4) is 34.0 Å². The summed E-state index contributed by atoms with van der Waals surface area (Å²) < 4.78 is 26.1. The van der Waals surface area contributed by atoms with Gasteiger partial charge in [0.1, 0.15) is 5.82 Å². The predicted molar refractivity (Wildman–Crippen MR) is 124 cm³/mol. The zero-order valence-corrected chi connectivity index (χ0v) is 21.6. The van der Waals surface area contributed by atoms with E-state index in [9.17, 15) is 28.9 Å². The summed E-state index contributed by atoms with van der Waals surface area (Å²) in [4.78, 5) is 27.8. The van der Waals surface area contributed by atoms with Gasteiger partial charge >= 0.3 is 37.7 Å². The van der Waals surface area contributed by atoms with Crippen molar-refractivity contribution in [2.24, 2.45) is 0 Å². The molecule has 0 saturated heterocycles. The number of carboxylic acid groups (broad SMARTS) is 1. The molecule has 1 N–H and O–H groups in total. The first-order chi connectivity index (χ1) is 16.1. The van der Waals surface area contributed by atoms with Crippen LogP contribution in [-0.2, 0) is 9.36 Å². The van der Waals surface area contributed by atoms with Crippen molar-refractivity contribution >= 4 is 13.3 Å². The average Bonchev–Trinajstić information content (AvgIpc) is 2.77. The third-order valence-corrected chi connectivity index (χ3v) is 6.38. The Morgan fingerprint density at radius 2 is 1.69 bits per heavy atom. The van der Waals surface area contributed by atoms with Crippen molar-refractivity contribution in [2.45, 2.75) is 32.3 Å². The summed E-state index contributed by atoms with van der Waals surface area (Å²) >= 11 is 0. The minimum atomic E-state index is -4.45. The summed E-state index contributed by atoms with van der Waals surface area (Å²) in [5, 5.41) is 20.3. The van der Waals surface area contributed by atoms with Crippen LogP contribution in [0.4, 0.5) is 4.39 Å². The van der Waals surface area contributed by atoms with Crippen LogP contribution in [0.25, 0.3) is 22.4 Å². The van der Waals surface area contributed by atoms with E-state index in [2.05, 4.69) is 11.6 Å². The molecule has 0 aliphatic heterocycles. The second-order valence-corrected chi connectivity index (χ2v) is 10.1. The number of carbonyl (C=O) groups excluding carboxylic acids is 1. The maximum atomic E-state index is 13.6. The van der Waals surface area contributed by atoms with Crippen molar-refractivity contribution in [1.82, 2.24) is 4.98 Å². The fourth-order valence-corrected chi connectivity index (χ4v) is 4.51. The van der Waals surface area contributed by atoms with E-state index in [1.807, 2.05) is 44.2 Å². The predicted octanol–water partition coefficient (Wildman–Crippen LogP) is -2.87. The summed E-state index contributed by atoms with van der Waals surface area (Å²) in [5.41, 5.74) is 5.87. The molecule has 2 aromatic carbocycles. The number of hydrogen-bond acceptors (Lipinski definition) is 6. The van der Waals surface area contributed by atoms with Gasteiger partial charge in [-0.05, 0) is 35.3 Å². The molecule has 0 spiro atoms. The van der Waals surface area contributed by atoms with E-state index >= 15 is 0 Å². The Balaban J connectivity index is 0.00000324. The number of carbonyl (C=O) groups is 1. The minimum absolute atomic E-state index is 0. The SMILES string of the molecule is CC(C)c1nc(-c2ccccc2)cc(-c2ccc(F)cc2)c1C#CP(=O)([O-])C[C@H](O)CC(=O)[O-].[Li+].[Li+]. The van der Waals surface area contributed by atoms with Crippen LogP contribution < -0.4 is 47.7 Å². The van der Waals surface area contributed by atoms with Gasteiger partial charge in [-0.25, -0.2) is 4.39 Å². The van der Waals surface area contributed by atoms with Gasteiger partial charge in [-0.15, -0.1) is 0 Å². The number of aliphatic carboxylic acids is 1. The first kappa shape index (κ1) is 31.9. The second-order valence-electron chi connectivity index (χ2n) is 8.17. The largest absolute Gasteiger partial charge is 1.00 e. The second kappa shape index (κ2) is 14.0. The molecule has 0 amide bonds. The molecule has 3 rings (SSSR count). The monoisotopic (exact) mass is 493 g/mol. The Labute approximate surface area is 234 Å². The molecule has 0 saturated carbocycles. The molecule has 1 heterocycles. The summed E-state index contributed by atoms with van der Waals surface area (Å²) in [5.74, 6) is 0.608. The summed E-state index contributed by atoms with van der Waals surface area (Å²) in [6, 6.07) is 17.0. The van der Waals surface area contributed by atoms with E-state index in [-0.39, 0.29) is 43.6 Å². The molecule has 176 valence electrons. The molecular formula is C26H23FLi2NO5P. The summed E-state index contributed by atoms with van der Waals surface area (Å²) in [6.45, 7) is 3.80. The number of halogens is 1. The van der Waals surface area contributed by atoms with Crippen molar-refractivity contribution in [2.75, 3.05) is 6.16 Å². The van der Waals surface area contributed by atoms with Gasteiger partial charge in [-0.1, -0.05) is 62.2 Å². The minimum Gasteiger partial charge on any atom is -0.790 e. The number of aromatic nitrogens is 1. The van der Waals surface area contributed by atoms with E-state index in [1.54, 1.807) is 18.2 Å². The number of rotatable bonds is 7. The number of aliphatic hydroxyl groups is 1. The van der Waals surface area contributed by atoms with Gasteiger partial charge in [0.05, 0.1) is 30.4 Å². The van der Waals surface area contributed by atoms with E-state index in [0.717, 1.165) is 5.56 Å². The standard InChI is InChI=1S/C26H25FNO5P.2Li/c1-17(2)26-22(12-13-34(32,33)16-21(29)14-25(30)31)23(18-8-10-20(27)11-9-18)15-24(28-26)19-6-4-3-5-7-19;;/h3-11,15,17,21,29H,14,16H2,1-2H3,(H,30,31)(H,32,33);;/q;2*+1/p-2/t21-;;/m1../s1. The van der Waals surface area contributed by atoms with Gasteiger partial charge in [0.25, 0.3) is 0 Å². The third-order valence-electron chi connectivity index (χ3n) is 5.02. The Morgan fingerprint density at radius 1 is 1.08 bits per heavy atom.